The maximum atomic E-state index is 13.0. The number of imidazole rings is 1. The third-order valence-corrected chi connectivity index (χ3v) is 4.12. The van der Waals surface area contributed by atoms with E-state index in [1.165, 1.54) is 23.5 Å². The summed E-state index contributed by atoms with van der Waals surface area (Å²) in [6, 6.07) is 9.84. The molecule has 0 saturated heterocycles. The van der Waals surface area contributed by atoms with E-state index in [0.717, 1.165) is 22.0 Å². The summed E-state index contributed by atoms with van der Waals surface area (Å²) >= 11 is 1.48. The predicted octanol–water partition coefficient (Wildman–Crippen LogP) is 4.04. The number of aromatic nitrogens is 2. The Labute approximate surface area is 123 Å². The first-order valence-corrected chi connectivity index (χ1v) is 7.17. The summed E-state index contributed by atoms with van der Waals surface area (Å²) in [5.74, 6) is 0.967. The summed E-state index contributed by atoms with van der Waals surface area (Å²) in [4.78, 5) is 5.31. The molecular formula is C15H10FN3OS. The minimum atomic E-state index is -0.283. The van der Waals surface area contributed by atoms with Crippen molar-refractivity contribution in [2.24, 2.45) is 0 Å². The minimum absolute atomic E-state index is 0.283. The van der Waals surface area contributed by atoms with Crippen molar-refractivity contribution in [3.63, 3.8) is 0 Å². The Hall–Kier alpha value is -2.60. The molecule has 0 atom stereocenters. The zero-order valence-electron chi connectivity index (χ0n) is 10.8. The number of halogens is 1. The lowest BCUT2D eigenvalue weighted by Gasteiger charge is -2.01. The number of benzene rings is 1. The molecule has 3 aromatic heterocycles. The molecular weight excluding hydrogens is 289 g/mol. The Morgan fingerprint density at radius 3 is 2.71 bits per heavy atom. The summed E-state index contributed by atoms with van der Waals surface area (Å²) in [7, 11) is 0. The van der Waals surface area contributed by atoms with Crippen molar-refractivity contribution in [1.29, 1.82) is 0 Å². The van der Waals surface area contributed by atoms with Crippen LogP contribution in [0.25, 0.3) is 27.7 Å². The second-order valence-corrected chi connectivity index (χ2v) is 5.41. The number of thiazole rings is 1. The summed E-state index contributed by atoms with van der Waals surface area (Å²) in [5, 5.41) is 1.95. The van der Waals surface area contributed by atoms with Crippen LogP contribution in [-0.4, -0.2) is 9.38 Å². The average molecular weight is 299 g/mol. The van der Waals surface area contributed by atoms with Gasteiger partial charge in [0.05, 0.1) is 6.26 Å². The van der Waals surface area contributed by atoms with Crippen LogP contribution in [0.5, 0.6) is 0 Å². The molecule has 1 aromatic carbocycles. The van der Waals surface area contributed by atoms with Crippen molar-refractivity contribution in [3.8, 4) is 22.7 Å². The monoisotopic (exact) mass is 299 g/mol. The molecule has 0 unspecified atom stereocenters. The van der Waals surface area contributed by atoms with Gasteiger partial charge in [-0.25, -0.2) is 9.37 Å². The van der Waals surface area contributed by atoms with Crippen LogP contribution >= 0.6 is 11.3 Å². The van der Waals surface area contributed by atoms with Gasteiger partial charge in [-0.15, -0.1) is 11.3 Å². The van der Waals surface area contributed by atoms with Crippen LogP contribution in [0.1, 0.15) is 0 Å². The number of rotatable bonds is 2. The van der Waals surface area contributed by atoms with Gasteiger partial charge in [-0.2, -0.15) is 0 Å². The second-order valence-electron chi connectivity index (χ2n) is 4.57. The van der Waals surface area contributed by atoms with E-state index in [-0.39, 0.29) is 5.82 Å². The Kier molecular flexibility index (Phi) is 2.58. The standard InChI is InChI=1S/C15H10FN3OS/c16-10-5-3-9(4-6-10)13-14(17)19-11(8-21-15(19)18-13)12-2-1-7-20-12/h1-8H,17H2. The number of hydrogen-bond donors (Lipinski definition) is 1. The number of hydrogen-bond acceptors (Lipinski definition) is 4. The molecule has 4 nitrogen and oxygen atoms in total. The number of furan rings is 1. The number of fused-ring (bicyclic) bond motifs is 1. The Morgan fingerprint density at radius 2 is 2.00 bits per heavy atom. The van der Waals surface area contributed by atoms with Crippen molar-refractivity contribution < 1.29 is 8.81 Å². The molecule has 21 heavy (non-hydrogen) atoms. The van der Waals surface area contributed by atoms with Gasteiger partial charge in [0.1, 0.15) is 23.0 Å². The largest absolute Gasteiger partial charge is 0.463 e. The van der Waals surface area contributed by atoms with Crippen molar-refractivity contribution in [2.75, 3.05) is 5.73 Å². The molecule has 2 N–H and O–H groups in total. The molecule has 0 saturated carbocycles. The highest BCUT2D eigenvalue weighted by Crippen LogP contribution is 2.34. The number of nitrogen functional groups attached to an aromatic ring is 1. The molecule has 0 aliphatic carbocycles. The van der Waals surface area contributed by atoms with Gasteiger partial charge in [0.15, 0.2) is 10.7 Å². The van der Waals surface area contributed by atoms with E-state index in [2.05, 4.69) is 4.98 Å². The zero-order valence-corrected chi connectivity index (χ0v) is 11.6. The lowest BCUT2D eigenvalue weighted by molar-refractivity contribution is 0.579. The van der Waals surface area contributed by atoms with E-state index in [1.54, 1.807) is 18.4 Å². The van der Waals surface area contributed by atoms with Crippen LogP contribution in [0.3, 0.4) is 0 Å². The predicted molar refractivity (Wildman–Crippen MR) is 80.6 cm³/mol. The van der Waals surface area contributed by atoms with Gasteiger partial charge in [0.25, 0.3) is 0 Å². The van der Waals surface area contributed by atoms with Gasteiger partial charge < -0.3 is 10.2 Å². The van der Waals surface area contributed by atoms with Gasteiger partial charge in [-0.3, -0.25) is 4.40 Å². The molecule has 0 aliphatic rings. The molecule has 0 bridgehead atoms. The molecule has 104 valence electrons. The highest BCUT2D eigenvalue weighted by Gasteiger charge is 2.17. The highest BCUT2D eigenvalue weighted by molar-refractivity contribution is 7.15. The zero-order chi connectivity index (χ0) is 14.4. The van der Waals surface area contributed by atoms with E-state index in [0.29, 0.717) is 11.5 Å². The van der Waals surface area contributed by atoms with Gasteiger partial charge in [-0.05, 0) is 36.4 Å². The minimum Gasteiger partial charge on any atom is -0.463 e. The van der Waals surface area contributed by atoms with Crippen LogP contribution in [-0.2, 0) is 0 Å². The van der Waals surface area contributed by atoms with Crippen LogP contribution in [0.4, 0.5) is 10.2 Å². The van der Waals surface area contributed by atoms with Crippen molar-refractivity contribution in [3.05, 3.63) is 53.9 Å². The maximum Gasteiger partial charge on any atom is 0.196 e. The number of anilines is 1. The summed E-state index contributed by atoms with van der Waals surface area (Å²) in [6.07, 6.45) is 1.62. The molecule has 4 aromatic rings. The molecule has 0 spiro atoms. The second kappa shape index (κ2) is 4.46. The van der Waals surface area contributed by atoms with Crippen molar-refractivity contribution >= 4 is 22.1 Å². The average Bonchev–Trinajstić information content (AvgIpc) is 3.18. The lowest BCUT2D eigenvalue weighted by atomic mass is 10.1. The van der Waals surface area contributed by atoms with Crippen molar-refractivity contribution in [2.45, 2.75) is 0 Å². The highest BCUT2D eigenvalue weighted by atomic mass is 32.1. The lowest BCUT2D eigenvalue weighted by Crippen LogP contribution is -1.95. The van der Waals surface area contributed by atoms with Crippen LogP contribution in [0.2, 0.25) is 0 Å². The first-order chi connectivity index (χ1) is 10.2. The topological polar surface area (TPSA) is 56.5 Å². The fraction of sp³-hybridized carbons (Fsp3) is 0. The number of nitrogens with two attached hydrogens (primary N) is 1. The van der Waals surface area contributed by atoms with E-state index in [1.807, 2.05) is 21.9 Å². The fourth-order valence-electron chi connectivity index (χ4n) is 2.30. The van der Waals surface area contributed by atoms with Gasteiger partial charge >= 0.3 is 0 Å². The Balaban J connectivity index is 1.93. The summed E-state index contributed by atoms with van der Waals surface area (Å²) in [5.41, 5.74) is 8.53. The SMILES string of the molecule is Nc1c(-c2ccc(F)cc2)nc2scc(-c3ccco3)n12. The van der Waals surface area contributed by atoms with Crippen LogP contribution in [0.15, 0.2) is 52.5 Å². The maximum absolute atomic E-state index is 13.0. The summed E-state index contributed by atoms with van der Waals surface area (Å²) in [6.45, 7) is 0. The van der Waals surface area contributed by atoms with E-state index in [9.17, 15) is 4.39 Å². The normalized spacial score (nSPS) is 11.3. The first-order valence-electron chi connectivity index (χ1n) is 6.29. The molecule has 0 aliphatic heterocycles. The van der Waals surface area contributed by atoms with Crippen molar-refractivity contribution in [1.82, 2.24) is 9.38 Å². The third kappa shape index (κ3) is 1.84. The first kappa shape index (κ1) is 12.2. The van der Waals surface area contributed by atoms with Gasteiger partial charge in [0, 0.05) is 10.9 Å². The van der Waals surface area contributed by atoms with E-state index < -0.39 is 0 Å². The quantitative estimate of drug-likeness (QED) is 0.607. The Morgan fingerprint density at radius 1 is 1.19 bits per heavy atom. The molecule has 0 amide bonds. The number of nitrogens with zero attached hydrogens (tertiary/aromatic N) is 2. The molecule has 3 heterocycles. The van der Waals surface area contributed by atoms with Crippen LogP contribution < -0.4 is 5.73 Å². The molecule has 0 fully saturated rings. The smallest absolute Gasteiger partial charge is 0.196 e. The third-order valence-electron chi connectivity index (χ3n) is 3.29. The fourth-order valence-corrected chi connectivity index (χ4v) is 3.18. The molecule has 0 radical (unpaired) electrons. The van der Waals surface area contributed by atoms with Gasteiger partial charge in [-0.1, -0.05) is 0 Å². The molecule has 6 heteroatoms. The molecule has 4 rings (SSSR count). The van der Waals surface area contributed by atoms with Crippen LogP contribution in [0, 0.1) is 5.82 Å². The Bertz CT molecular complexity index is 907. The van der Waals surface area contributed by atoms with Gasteiger partial charge in [0.2, 0.25) is 0 Å². The van der Waals surface area contributed by atoms with E-state index >= 15 is 0 Å². The summed E-state index contributed by atoms with van der Waals surface area (Å²) < 4.78 is 20.3. The van der Waals surface area contributed by atoms with E-state index in [4.69, 9.17) is 10.2 Å².